The Balaban J connectivity index is 0.000000380. The quantitative estimate of drug-likeness (QED) is 0.195. The molecule has 0 aliphatic carbocycles. The van der Waals surface area contributed by atoms with E-state index in [2.05, 4.69) is 10.5 Å². The van der Waals surface area contributed by atoms with Crippen molar-refractivity contribution in [2.24, 2.45) is 5.84 Å². The molecule has 7 N–H and O–H groups in total. The van der Waals surface area contributed by atoms with E-state index >= 15 is 0 Å². The molecule has 0 amide bonds. The normalized spacial score (nSPS) is 9.76. The number of carboxylic acids is 2. The maximum atomic E-state index is 11.7. The van der Waals surface area contributed by atoms with E-state index < -0.39 is 17.9 Å². The Kier molecular flexibility index (Phi) is 10.1. The number of aryl methyl sites for hydroxylation is 2. The summed E-state index contributed by atoms with van der Waals surface area (Å²) in [5.74, 6) is 2.72. The fourth-order valence-electron chi connectivity index (χ4n) is 2.80. The van der Waals surface area contributed by atoms with Crippen molar-refractivity contribution in [3.05, 3.63) is 70.4 Å². The molecule has 0 saturated heterocycles. The summed E-state index contributed by atoms with van der Waals surface area (Å²) >= 11 is 0. The van der Waals surface area contributed by atoms with E-state index in [1.165, 1.54) is 29.1 Å². The lowest BCUT2D eigenvalue weighted by molar-refractivity contribution is 0.0526. The number of halogens is 1. The van der Waals surface area contributed by atoms with Crippen LogP contribution in [0.15, 0.2) is 42.6 Å². The standard InChI is InChI=1S/C14H15N3O4.C8H10N2O2.ClH/c1-3-21-14(20)10-7-16-17(12(10)15)11-6-9(13(18)19)5-4-8(11)2;1-5-2-3-6(8(11)12)4-7(5)10-9;/h4-7H,3,15H2,1-2H3,(H,18,19);2-4,10H,9H2,1H3,(H,11,12);1H. The van der Waals surface area contributed by atoms with Gasteiger partial charge in [-0.05, 0) is 56.2 Å². The van der Waals surface area contributed by atoms with Crippen LogP contribution in [0.5, 0.6) is 0 Å². The third kappa shape index (κ3) is 6.47. The van der Waals surface area contributed by atoms with Crippen molar-refractivity contribution in [3.8, 4) is 5.69 Å². The molecule has 182 valence electrons. The summed E-state index contributed by atoms with van der Waals surface area (Å²) in [6, 6.07) is 9.35. The van der Waals surface area contributed by atoms with Crippen LogP contribution in [-0.2, 0) is 4.74 Å². The summed E-state index contributed by atoms with van der Waals surface area (Å²) in [5, 5.41) is 21.7. The van der Waals surface area contributed by atoms with Crippen molar-refractivity contribution in [1.82, 2.24) is 9.78 Å². The van der Waals surface area contributed by atoms with Gasteiger partial charge < -0.3 is 26.1 Å². The van der Waals surface area contributed by atoms with Gasteiger partial charge in [0.2, 0.25) is 0 Å². The van der Waals surface area contributed by atoms with Crippen molar-refractivity contribution >= 4 is 41.8 Å². The van der Waals surface area contributed by atoms with E-state index in [4.69, 9.17) is 26.5 Å². The smallest absolute Gasteiger partial charge is 0.343 e. The molecule has 0 unspecified atom stereocenters. The fourth-order valence-corrected chi connectivity index (χ4v) is 2.80. The molecular formula is C22H26ClN5O6. The molecule has 0 atom stereocenters. The minimum absolute atomic E-state index is 0. The highest BCUT2D eigenvalue weighted by Crippen LogP contribution is 2.22. The second-order valence-electron chi connectivity index (χ2n) is 6.86. The lowest BCUT2D eigenvalue weighted by atomic mass is 10.1. The second kappa shape index (κ2) is 12.2. The van der Waals surface area contributed by atoms with Crippen LogP contribution in [0.1, 0.15) is 49.1 Å². The molecule has 2 aromatic carbocycles. The maximum Gasteiger partial charge on any atom is 0.343 e. The van der Waals surface area contributed by atoms with Gasteiger partial charge in [-0.3, -0.25) is 5.84 Å². The summed E-state index contributed by atoms with van der Waals surface area (Å²) in [6.45, 7) is 5.57. The number of anilines is 2. The number of hydrogen-bond acceptors (Lipinski definition) is 8. The van der Waals surface area contributed by atoms with Crippen molar-refractivity contribution in [2.75, 3.05) is 17.8 Å². The minimum Gasteiger partial charge on any atom is -0.478 e. The number of nitrogen functional groups attached to an aromatic ring is 2. The van der Waals surface area contributed by atoms with Crippen LogP contribution in [0.25, 0.3) is 5.69 Å². The number of carbonyl (C=O) groups excluding carboxylic acids is 1. The predicted octanol–water partition coefficient (Wildman–Crippen LogP) is 3.04. The molecule has 1 aromatic heterocycles. The first kappa shape index (κ1) is 27.9. The zero-order valence-electron chi connectivity index (χ0n) is 18.7. The lowest BCUT2D eigenvalue weighted by Crippen LogP contribution is -2.10. The number of carbonyl (C=O) groups is 3. The summed E-state index contributed by atoms with van der Waals surface area (Å²) in [7, 11) is 0. The molecule has 0 saturated carbocycles. The Morgan fingerprint density at radius 3 is 2.12 bits per heavy atom. The Hall–Kier alpha value is -4.09. The number of nitrogens with zero attached hydrogens (tertiary/aromatic N) is 2. The van der Waals surface area contributed by atoms with E-state index in [-0.39, 0.29) is 41.5 Å². The highest BCUT2D eigenvalue weighted by molar-refractivity contribution is 5.94. The number of nitrogens with one attached hydrogen (secondary N) is 1. The van der Waals surface area contributed by atoms with E-state index in [0.29, 0.717) is 11.4 Å². The number of hydrazine groups is 1. The second-order valence-corrected chi connectivity index (χ2v) is 6.86. The molecule has 34 heavy (non-hydrogen) atoms. The molecular weight excluding hydrogens is 466 g/mol. The number of ether oxygens (including phenoxy) is 1. The van der Waals surface area contributed by atoms with Gasteiger partial charge >= 0.3 is 17.9 Å². The van der Waals surface area contributed by atoms with E-state index in [1.807, 2.05) is 6.92 Å². The predicted molar refractivity (Wildman–Crippen MR) is 129 cm³/mol. The van der Waals surface area contributed by atoms with E-state index in [1.54, 1.807) is 32.0 Å². The molecule has 0 aliphatic heterocycles. The van der Waals surface area contributed by atoms with Crippen molar-refractivity contribution in [1.29, 1.82) is 0 Å². The monoisotopic (exact) mass is 491 g/mol. The number of hydrogen-bond donors (Lipinski definition) is 5. The number of aromatic carboxylic acids is 2. The van der Waals surface area contributed by atoms with Gasteiger partial charge in [-0.1, -0.05) is 12.1 Å². The molecule has 0 aliphatic rings. The molecule has 0 spiro atoms. The van der Waals surface area contributed by atoms with Crippen LogP contribution in [0.3, 0.4) is 0 Å². The molecule has 11 nitrogen and oxygen atoms in total. The molecule has 12 heteroatoms. The molecule has 0 bridgehead atoms. The SMILES string of the molecule is CCOC(=O)c1cnn(-c2cc(C(=O)O)ccc2C)c1N.Cc1ccc(C(=O)O)cc1NN.Cl. The van der Waals surface area contributed by atoms with Crippen LogP contribution < -0.4 is 17.0 Å². The Morgan fingerprint density at radius 2 is 1.59 bits per heavy atom. The average Bonchev–Trinajstić information content (AvgIpc) is 3.16. The van der Waals surface area contributed by atoms with Gasteiger partial charge in [0.05, 0.1) is 35.3 Å². The molecule has 0 fully saturated rings. The van der Waals surface area contributed by atoms with Crippen LogP contribution in [0.2, 0.25) is 0 Å². The van der Waals surface area contributed by atoms with Crippen molar-refractivity contribution in [2.45, 2.75) is 20.8 Å². The highest BCUT2D eigenvalue weighted by Gasteiger charge is 2.18. The first-order chi connectivity index (χ1) is 15.6. The first-order valence-electron chi connectivity index (χ1n) is 9.76. The number of carboxylic acid groups (broad SMARTS) is 2. The summed E-state index contributed by atoms with van der Waals surface area (Å²) in [5.41, 5.74) is 11.7. The number of aromatic nitrogens is 2. The Bertz CT molecular complexity index is 1190. The number of benzene rings is 2. The molecule has 3 rings (SSSR count). The van der Waals surface area contributed by atoms with Crippen molar-refractivity contribution in [3.63, 3.8) is 0 Å². The van der Waals surface area contributed by atoms with E-state index in [9.17, 15) is 14.4 Å². The molecule has 0 radical (unpaired) electrons. The van der Waals surface area contributed by atoms with E-state index in [0.717, 1.165) is 11.1 Å². The summed E-state index contributed by atoms with van der Waals surface area (Å²) < 4.78 is 6.21. The van der Waals surface area contributed by atoms with Crippen LogP contribution >= 0.6 is 12.4 Å². The van der Waals surface area contributed by atoms with Crippen LogP contribution in [-0.4, -0.2) is 44.5 Å². The van der Waals surface area contributed by atoms with Gasteiger partial charge in [0.25, 0.3) is 0 Å². The van der Waals surface area contributed by atoms with Crippen LogP contribution in [0.4, 0.5) is 11.5 Å². The third-order valence-corrected chi connectivity index (χ3v) is 4.63. The van der Waals surface area contributed by atoms with Crippen molar-refractivity contribution < 1.29 is 29.3 Å². The third-order valence-electron chi connectivity index (χ3n) is 4.63. The number of esters is 1. The average molecular weight is 492 g/mol. The summed E-state index contributed by atoms with van der Waals surface area (Å²) in [6.07, 6.45) is 1.31. The summed E-state index contributed by atoms with van der Waals surface area (Å²) in [4.78, 5) is 33.3. The lowest BCUT2D eigenvalue weighted by Gasteiger charge is -2.09. The zero-order valence-corrected chi connectivity index (χ0v) is 19.5. The zero-order chi connectivity index (χ0) is 24.7. The van der Waals surface area contributed by atoms with Gasteiger partial charge in [0.1, 0.15) is 11.4 Å². The topological polar surface area (TPSA) is 183 Å². The van der Waals surface area contributed by atoms with Gasteiger partial charge in [-0.25, -0.2) is 19.1 Å². The number of rotatable bonds is 6. The Labute approximate surface area is 201 Å². The van der Waals surface area contributed by atoms with Crippen LogP contribution in [0, 0.1) is 13.8 Å². The largest absolute Gasteiger partial charge is 0.478 e. The maximum absolute atomic E-state index is 11.7. The molecule has 1 heterocycles. The minimum atomic E-state index is -1.05. The van der Waals surface area contributed by atoms with Gasteiger partial charge in [-0.15, -0.1) is 12.4 Å². The Morgan fingerprint density at radius 1 is 1.03 bits per heavy atom. The number of nitrogens with two attached hydrogens (primary N) is 2. The van der Waals surface area contributed by atoms with Gasteiger partial charge in [0, 0.05) is 0 Å². The first-order valence-corrected chi connectivity index (χ1v) is 9.76. The van der Waals surface area contributed by atoms with Gasteiger partial charge in [-0.2, -0.15) is 5.10 Å². The highest BCUT2D eigenvalue weighted by atomic mass is 35.5. The fraction of sp³-hybridized carbons (Fsp3) is 0.182. The van der Waals surface area contributed by atoms with Gasteiger partial charge in [0.15, 0.2) is 0 Å². The molecule has 3 aromatic rings.